The number of aromatic nitrogens is 4. The van der Waals surface area contributed by atoms with E-state index in [1.54, 1.807) is 18.6 Å². The number of aryl methyl sites for hydroxylation is 1. The standard InChI is InChI=1S/C32H42BrN11S/c1-21-18-26(28(41(2)3)19-27(21)44-12-8-22(9-13-44)43-16-14-42(4)15-17-43)38-32-36-20-23(33)31(39-32)37-25-7-6-24-29(30(25)40-45-5)35-11-10-34-24/h6-7,10-11,18-20,22,40H,8-9,12-17H2,1-5H3,(H2,36,37,38,39). The average molecular weight is 693 g/mol. The zero-order valence-corrected chi connectivity index (χ0v) is 29.0. The van der Waals surface area contributed by atoms with Crippen molar-refractivity contribution in [2.75, 3.05) is 91.8 Å². The van der Waals surface area contributed by atoms with E-state index in [2.05, 4.69) is 106 Å². The third-order valence-corrected chi connectivity index (χ3v) is 9.73. The van der Waals surface area contributed by atoms with Crippen LogP contribution in [0.1, 0.15) is 18.4 Å². The Morgan fingerprint density at radius 3 is 2.42 bits per heavy atom. The summed E-state index contributed by atoms with van der Waals surface area (Å²) >= 11 is 5.13. The Morgan fingerprint density at radius 1 is 0.933 bits per heavy atom. The van der Waals surface area contributed by atoms with Crippen molar-refractivity contribution in [1.82, 2.24) is 29.7 Å². The highest BCUT2D eigenvalue weighted by Gasteiger charge is 2.28. The fraction of sp³-hybridized carbons (Fsp3) is 0.438. The smallest absolute Gasteiger partial charge is 0.229 e. The van der Waals surface area contributed by atoms with Crippen LogP contribution in [0.4, 0.5) is 40.2 Å². The van der Waals surface area contributed by atoms with E-state index in [1.165, 1.54) is 62.2 Å². The van der Waals surface area contributed by atoms with Crippen LogP contribution in [0.15, 0.2) is 47.3 Å². The number of nitrogens with one attached hydrogen (secondary N) is 3. The maximum atomic E-state index is 4.86. The zero-order valence-electron chi connectivity index (χ0n) is 26.6. The molecule has 2 aromatic carbocycles. The third kappa shape index (κ3) is 7.06. The van der Waals surface area contributed by atoms with Crippen molar-refractivity contribution in [1.29, 1.82) is 0 Å². The van der Waals surface area contributed by atoms with Gasteiger partial charge in [-0.05, 0) is 72.6 Å². The number of likely N-dealkylation sites (N-methyl/N-ethyl adjacent to an activating group) is 1. The molecule has 6 rings (SSSR count). The van der Waals surface area contributed by atoms with Gasteiger partial charge < -0.3 is 30.1 Å². The Kier molecular flexibility index (Phi) is 9.78. The fourth-order valence-corrected chi connectivity index (χ4v) is 6.97. The number of rotatable bonds is 9. The molecule has 45 heavy (non-hydrogen) atoms. The Hall–Kier alpha value is -3.39. The molecule has 0 radical (unpaired) electrons. The number of fused-ring (bicyclic) bond motifs is 1. The molecule has 13 heteroatoms. The number of benzene rings is 2. The highest BCUT2D eigenvalue weighted by Crippen LogP contribution is 2.38. The number of nitrogens with zero attached hydrogens (tertiary/aromatic N) is 8. The van der Waals surface area contributed by atoms with Gasteiger partial charge in [-0.25, -0.2) is 4.98 Å². The molecule has 2 fully saturated rings. The Bertz CT molecular complexity index is 1640. The monoisotopic (exact) mass is 691 g/mol. The van der Waals surface area contributed by atoms with Gasteiger partial charge in [0.05, 0.1) is 32.7 Å². The van der Waals surface area contributed by atoms with Gasteiger partial charge in [0.1, 0.15) is 11.3 Å². The lowest BCUT2D eigenvalue weighted by atomic mass is 10.00. The van der Waals surface area contributed by atoms with Crippen molar-refractivity contribution >= 4 is 79.1 Å². The van der Waals surface area contributed by atoms with Crippen molar-refractivity contribution in [2.24, 2.45) is 0 Å². The van der Waals surface area contributed by atoms with Gasteiger partial charge in [-0.1, -0.05) is 11.9 Å². The Labute approximate surface area is 278 Å². The predicted octanol–water partition coefficient (Wildman–Crippen LogP) is 5.95. The lowest BCUT2D eigenvalue weighted by Gasteiger charge is -2.43. The molecule has 0 bridgehead atoms. The molecule has 3 N–H and O–H groups in total. The van der Waals surface area contributed by atoms with Gasteiger partial charge in [-0.2, -0.15) is 4.98 Å². The Morgan fingerprint density at radius 2 is 1.69 bits per heavy atom. The van der Waals surface area contributed by atoms with Gasteiger partial charge in [0.2, 0.25) is 5.95 Å². The van der Waals surface area contributed by atoms with E-state index in [1.807, 2.05) is 18.4 Å². The van der Waals surface area contributed by atoms with Gasteiger partial charge in [0.25, 0.3) is 0 Å². The maximum absolute atomic E-state index is 4.86. The van der Waals surface area contributed by atoms with E-state index in [-0.39, 0.29) is 0 Å². The molecule has 0 amide bonds. The molecule has 0 unspecified atom stereocenters. The molecule has 0 aliphatic carbocycles. The molecule has 2 aliphatic rings. The number of anilines is 7. The van der Waals surface area contributed by atoms with Crippen LogP contribution >= 0.6 is 27.9 Å². The summed E-state index contributed by atoms with van der Waals surface area (Å²) in [6.07, 6.45) is 9.56. The van der Waals surface area contributed by atoms with E-state index < -0.39 is 0 Å². The predicted molar refractivity (Wildman–Crippen MR) is 193 cm³/mol. The van der Waals surface area contributed by atoms with E-state index in [0.29, 0.717) is 17.8 Å². The number of piperazine rings is 1. The van der Waals surface area contributed by atoms with Crippen LogP contribution < -0.4 is 25.2 Å². The molecule has 0 atom stereocenters. The summed E-state index contributed by atoms with van der Waals surface area (Å²) in [6.45, 7) is 9.08. The summed E-state index contributed by atoms with van der Waals surface area (Å²) < 4.78 is 4.11. The number of hydrogen-bond donors (Lipinski definition) is 3. The summed E-state index contributed by atoms with van der Waals surface area (Å²) in [7, 11) is 6.39. The summed E-state index contributed by atoms with van der Waals surface area (Å²) in [4.78, 5) is 28.3. The average Bonchev–Trinajstić information content (AvgIpc) is 3.04. The quantitative estimate of drug-likeness (QED) is 0.181. The first-order chi connectivity index (χ1) is 21.8. The molecule has 2 aliphatic heterocycles. The van der Waals surface area contributed by atoms with E-state index in [4.69, 9.17) is 4.98 Å². The molecule has 0 saturated carbocycles. The van der Waals surface area contributed by atoms with Crippen LogP contribution in [0.5, 0.6) is 0 Å². The number of halogens is 1. The molecule has 4 heterocycles. The lowest BCUT2D eigenvalue weighted by Crippen LogP contribution is -2.52. The largest absolute Gasteiger partial charge is 0.376 e. The summed E-state index contributed by atoms with van der Waals surface area (Å²) in [6, 6.07) is 9.15. The minimum Gasteiger partial charge on any atom is -0.376 e. The minimum atomic E-state index is 0.504. The summed E-state index contributed by atoms with van der Waals surface area (Å²) in [5.74, 6) is 1.15. The van der Waals surface area contributed by atoms with Gasteiger partial charge in [0, 0.05) is 89.9 Å². The molecule has 4 aromatic rings. The van der Waals surface area contributed by atoms with Crippen molar-refractivity contribution in [2.45, 2.75) is 25.8 Å². The van der Waals surface area contributed by atoms with Crippen molar-refractivity contribution in [3.05, 3.63) is 52.9 Å². The summed E-state index contributed by atoms with van der Waals surface area (Å²) in [5, 5.41) is 6.97. The van der Waals surface area contributed by atoms with Crippen LogP contribution in [0.3, 0.4) is 0 Å². The molecule has 238 valence electrons. The highest BCUT2D eigenvalue weighted by molar-refractivity contribution is 9.10. The van der Waals surface area contributed by atoms with Crippen LogP contribution in [-0.2, 0) is 0 Å². The van der Waals surface area contributed by atoms with Crippen molar-refractivity contribution in [3.8, 4) is 0 Å². The molecular formula is C32H42BrN11S. The zero-order chi connectivity index (χ0) is 31.5. The van der Waals surface area contributed by atoms with Crippen LogP contribution in [0, 0.1) is 6.92 Å². The van der Waals surface area contributed by atoms with Crippen LogP contribution in [0.2, 0.25) is 0 Å². The Balaban J connectivity index is 1.21. The summed E-state index contributed by atoms with van der Waals surface area (Å²) in [5.41, 5.74) is 7.89. The van der Waals surface area contributed by atoms with Gasteiger partial charge >= 0.3 is 0 Å². The second kappa shape index (κ2) is 13.9. The highest BCUT2D eigenvalue weighted by atomic mass is 79.9. The van der Waals surface area contributed by atoms with E-state index in [0.717, 1.165) is 51.3 Å². The third-order valence-electron chi connectivity index (χ3n) is 8.74. The first-order valence-corrected chi connectivity index (χ1v) is 17.4. The molecule has 2 saturated heterocycles. The van der Waals surface area contributed by atoms with Crippen molar-refractivity contribution < 1.29 is 0 Å². The molecule has 2 aromatic heterocycles. The minimum absolute atomic E-state index is 0.504. The SMILES string of the molecule is CSNc1c(Nc2nc(Nc3cc(C)c(N4CCC(N5CCN(C)CC5)CC4)cc3N(C)C)ncc2Br)ccc2nccnc12. The first kappa shape index (κ1) is 31.6. The van der Waals surface area contributed by atoms with Gasteiger partial charge in [0.15, 0.2) is 0 Å². The number of hydrogen-bond acceptors (Lipinski definition) is 12. The number of piperidine rings is 1. The fourth-order valence-electron chi connectivity index (χ4n) is 6.26. The molecule has 11 nitrogen and oxygen atoms in total. The second-order valence-corrected chi connectivity index (χ2v) is 13.4. The topological polar surface area (TPSA) is 101 Å². The molecular weight excluding hydrogens is 650 g/mol. The van der Waals surface area contributed by atoms with E-state index in [9.17, 15) is 0 Å². The van der Waals surface area contributed by atoms with E-state index >= 15 is 0 Å². The maximum Gasteiger partial charge on any atom is 0.229 e. The first-order valence-electron chi connectivity index (χ1n) is 15.4. The second-order valence-electron chi connectivity index (χ2n) is 12.0. The molecule has 0 spiro atoms. The van der Waals surface area contributed by atoms with Crippen molar-refractivity contribution in [3.63, 3.8) is 0 Å². The lowest BCUT2D eigenvalue weighted by molar-refractivity contribution is 0.0982. The normalized spacial score (nSPS) is 16.6. The van der Waals surface area contributed by atoms with Crippen LogP contribution in [-0.4, -0.2) is 102 Å². The van der Waals surface area contributed by atoms with Gasteiger partial charge in [-0.15, -0.1) is 0 Å². The van der Waals surface area contributed by atoms with Crippen LogP contribution in [0.25, 0.3) is 11.0 Å². The van der Waals surface area contributed by atoms with Gasteiger partial charge in [-0.3, -0.25) is 14.9 Å².